The van der Waals surface area contributed by atoms with Crippen LogP contribution in [0.25, 0.3) is 11.4 Å². The van der Waals surface area contributed by atoms with E-state index in [-0.39, 0.29) is 24.0 Å². The zero-order chi connectivity index (χ0) is 21.2. The highest BCUT2D eigenvalue weighted by atomic mass is 19.1. The second kappa shape index (κ2) is 7.90. The summed E-state index contributed by atoms with van der Waals surface area (Å²) >= 11 is 0. The van der Waals surface area contributed by atoms with Gasteiger partial charge in [0.25, 0.3) is 5.91 Å². The van der Waals surface area contributed by atoms with E-state index in [1.165, 1.54) is 30.5 Å². The van der Waals surface area contributed by atoms with Gasteiger partial charge in [-0.2, -0.15) is 20.4 Å². The number of fused-ring (bicyclic) bond motifs is 1. The lowest BCUT2D eigenvalue weighted by molar-refractivity contribution is 0.0726. The molecule has 5 rings (SSSR count). The van der Waals surface area contributed by atoms with E-state index in [9.17, 15) is 9.18 Å². The molecule has 1 aliphatic rings. The fourth-order valence-electron chi connectivity index (χ4n) is 3.35. The number of hydrogen-bond donors (Lipinski definition) is 1. The summed E-state index contributed by atoms with van der Waals surface area (Å²) in [6, 6.07) is 9.33. The minimum Gasteiger partial charge on any atom is -0.439 e. The lowest BCUT2D eigenvalue weighted by atomic mass is 10.1. The number of carbonyl (C=O) groups excluding carboxylic acids is 1. The number of pyridine rings is 1. The first-order valence-corrected chi connectivity index (χ1v) is 9.56. The number of halogens is 1. The van der Waals surface area contributed by atoms with Gasteiger partial charge < -0.3 is 9.64 Å². The summed E-state index contributed by atoms with van der Waals surface area (Å²) in [5.41, 5.74) is 2.46. The van der Waals surface area contributed by atoms with Gasteiger partial charge in [0.15, 0.2) is 11.5 Å². The van der Waals surface area contributed by atoms with Crippen LogP contribution in [0.2, 0.25) is 0 Å². The Hall–Kier alpha value is -4.21. The van der Waals surface area contributed by atoms with Crippen molar-refractivity contribution in [3.63, 3.8) is 0 Å². The van der Waals surface area contributed by atoms with E-state index in [1.807, 2.05) is 6.07 Å². The third-order valence-electron chi connectivity index (χ3n) is 4.89. The third-order valence-corrected chi connectivity index (χ3v) is 4.89. The zero-order valence-electron chi connectivity index (χ0n) is 16.2. The van der Waals surface area contributed by atoms with Crippen molar-refractivity contribution in [3.05, 3.63) is 77.8 Å². The standard InChI is InChI=1S/C21H16FN7O2/c22-14-3-5-15(6-4-14)31-20-16-12-29(21(30)18-11-24-28-27-18)9-7-17(16)25-19(26-20)13-2-1-8-23-10-13/h1-6,8,10-11H,7,9,12H2,(H,24,27,28). The highest BCUT2D eigenvalue weighted by molar-refractivity contribution is 5.92. The number of aromatic amines is 1. The van der Waals surface area contributed by atoms with Crippen LogP contribution in [-0.4, -0.2) is 47.7 Å². The zero-order valence-corrected chi connectivity index (χ0v) is 16.2. The number of ether oxygens (including phenoxy) is 1. The van der Waals surface area contributed by atoms with Gasteiger partial charge in [0, 0.05) is 30.9 Å². The van der Waals surface area contributed by atoms with Crippen LogP contribution in [0.1, 0.15) is 21.7 Å². The number of benzene rings is 1. The molecule has 1 aliphatic heterocycles. The van der Waals surface area contributed by atoms with Crippen LogP contribution in [0.5, 0.6) is 11.6 Å². The molecule has 0 bridgehead atoms. The number of nitrogens with one attached hydrogen (secondary N) is 1. The maximum atomic E-state index is 13.3. The Kier molecular flexibility index (Phi) is 4.79. The largest absolute Gasteiger partial charge is 0.439 e. The van der Waals surface area contributed by atoms with Gasteiger partial charge >= 0.3 is 0 Å². The maximum absolute atomic E-state index is 13.3. The number of hydrogen-bond acceptors (Lipinski definition) is 7. The van der Waals surface area contributed by atoms with E-state index < -0.39 is 0 Å². The number of nitrogens with zero attached hydrogens (tertiary/aromatic N) is 6. The SMILES string of the molecule is O=C(c1cn[nH]n1)N1CCc2nc(-c3cccnc3)nc(Oc3ccc(F)cc3)c2C1. The number of amides is 1. The minimum atomic E-state index is -0.363. The van der Waals surface area contributed by atoms with Crippen LogP contribution >= 0.6 is 0 Å². The average Bonchev–Trinajstić information content (AvgIpc) is 3.35. The quantitative estimate of drug-likeness (QED) is 0.544. The molecule has 10 heteroatoms. The molecular formula is C21H16FN7O2. The Bertz CT molecular complexity index is 1210. The second-order valence-corrected chi connectivity index (χ2v) is 6.91. The van der Waals surface area contributed by atoms with E-state index in [0.29, 0.717) is 36.0 Å². The van der Waals surface area contributed by atoms with Crippen LogP contribution < -0.4 is 4.74 Å². The highest BCUT2D eigenvalue weighted by Gasteiger charge is 2.28. The van der Waals surface area contributed by atoms with E-state index in [2.05, 4.69) is 25.4 Å². The van der Waals surface area contributed by atoms with E-state index in [4.69, 9.17) is 9.72 Å². The first-order valence-electron chi connectivity index (χ1n) is 9.56. The smallest absolute Gasteiger partial charge is 0.276 e. The Morgan fingerprint density at radius 2 is 2.00 bits per heavy atom. The molecule has 1 aromatic carbocycles. The number of H-pyrrole nitrogens is 1. The number of carbonyl (C=O) groups is 1. The van der Waals surface area contributed by atoms with Crippen molar-refractivity contribution < 1.29 is 13.9 Å². The molecule has 4 aromatic rings. The molecule has 154 valence electrons. The lowest BCUT2D eigenvalue weighted by Gasteiger charge is -2.28. The summed E-state index contributed by atoms with van der Waals surface area (Å²) < 4.78 is 19.3. The molecule has 1 N–H and O–H groups in total. The summed E-state index contributed by atoms with van der Waals surface area (Å²) in [4.78, 5) is 27.8. The highest BCUT2D eigenvalue weighted by Crippen LogP contribution is 2.32. The predicted octanol–water partition coefficient (Wildman–Crippen LogP) is 2.79. The monoisotopic (exact) mass is 417 g/mol. The van der Waals surface area contributed by atoms with E-state index >= 15 is 0 Å². The van der Waals surface area contributed by atoms with E-state index in [1.54, 1.807) is 23.4 Å². The molecular weight excluding hydrogens is 401 g/mol. The summed E-state index contributed by atoms with van der Waals surface area (Å²) in [7, 11) is 0. The van der Waals surface area contributed by atoms with E-state index in [0.717, 1.165) is 11.3 Å². The second-order valence-electron chi connectivity index (χ2n) is 6.91. The molecule has 9 nitrogen and oxygen atoms in total. The van der Waals surface area contributed by atoms with Crippen LogP contribution in [-0.2, 0) is 13.0 Å². The van der Waals surface area contributed by atoms with Gasteiger partial charge in [-0.05, 0) is 36.4 Å². The van der Waals surface area contributed by atoms with Crippen LogP contribution in [0, 0.1) is 5.82 Å². The van der Waals surface area contributed by atoms with Crippen molar-refractivity contribution in [1.82, 2.24) is 35.3 Å². The molecule has 0 saturated carbocycles. The fraction of sp³-hybridized carbons (Fsp3) is 0.143. The molecule has 0 fully saturated rings. The molecule has 0 saturated heterocycles. The Labute approximate surface area is 176 Å². The molecule has 4 heterocycles. The van der Waals surface area contributed by atoms with Gasteiger partial charge in [-0.15, -0.1) is 0 Å². The molecule has 0 spiro atoms. The van der Waals surface area contributed by atoms with Crippen LogP contribution in [0.15, 0.2) is 55.0 Å². The summed E-state index contributed by atoms with van der Waals surface area (Å²) in [6.07, 6.45) is 5.25. The Balaban J connectivity index is 1.54. The van der Waals surface area contributed by atoms with Crippen molar-refractivity contribution in [3.8, 4) is 23.0 Å². The summed E-state index contributed by atoms with van der Waals surface area (Å²) in [6.45, 7) is 0.725. The molecule has 0 atom stereocenters. The molecule has 0 radical (unpaired) electrons. The molecule has 0 unspecified atom stereocenters. The first kappa shape index (κ1) is 18.8. The molecule has 1 amide bonds. The van der Waals surface area contributed by atoms with Gasteiger partial charge in [-0.25, -0.2) is 9.37 Å². The van der Waals surface area contributed by atoms with Crippen LogP contribution in [0.4, 0.5) is 4.39 Å². The maximum Gasteiger partial charge on any atom is 0.276 e. The average molecular weight is 417 g/mol. The van der Waals surface area contributed by atoms with Gasteiger partial charge in [0.2, 0.25) is 5.88 Å². The normalized spacial score (nSPS) is 13.0. The van der Waals surface area contributed by atoms with Crippen molar-refractivity contribution in [2.24, 2.45) is 0 Å². The molecule has 31 heavy (non-hydrogen) atoms. The minimum absolute atomic E-state index is 0.234. The van der Waals surface area contributed by atoms with Crippen molar-refractivity contribution in [1.29, 1.82) is 0 Å². The van der Waals surface area contributed by atoms with Gasteiger partial charge in [0.05, 0.1) is 24.0 Å². The van der Waals surface area contributed by atoms with Gasteiger partial charge in [0.1, 0.15) is 11.6 Å². The summed E-state index contributed by atoms with van der Waals surface area (Å²) in [5, 5.41) is 10.0. The first-order chi connectivity index (χ1) is 15.2. The van der Waals surface area contributed by atoms with Crippen molar-refractivity contribution in [2.75, 3.05) is 6.54 Å². The van der Waals surface area contributed by atoms with Crippen molar-refractivity contribution >= 4 is 5.91 Å². The Morgan fingerprint density at radius 1 is 1.13 bits per heavy atom. The Morgan fingerprint density at radius 3 is 2.74 bits per heavy atom. The number of rotatable bonds is 4. The molecule has 0 aliphatic carbocycles. The fourth-order valence-corrected chi connectivity index (χ4v) is 3.35. The van der Waals surface area contributed by atoms with Crippen LogP contribution in [0.3, 0.4) is 0 Å². The molecule has 3 aromatic heterocycles. The van der Waals surface area contributed by atoms with Gasteiger partial charge in [-0.3, -0.25) is 9.78 Å². The topological polar surface area (TPSA) is 110 Å². The number of aromatic nitrogens is 6. The predicted molar refractivity (Wildman–Crippen MR) is 107 cm³/mol. The third kappa shape index (κ3) is 3.82. The summed E-state index contributed by atoms with van der Waals surface area (Å²) in [5.74, 6) is 0.605. The lowest BCUT2D eigenvalue weighted by Crippen LogP contribution is -2.37. The van der Waals surface area contributed by atoms with Crippen molar-refractivity contribution in [2.45, 2.75) is 13.0 Å². The van der Waals surface area contributed by atoms with Gasteiger partial charge in [-0.1, -0.05) is 0 Å².